The predicted molar refractivity (Wildman–Crippen MR) is 103 cm³/mol. The van der Waals surface area contributed by atoms with Crippen LogP contribution >= 0.6 is 0 Å². The fraction of sp³-hybridized carbons (Fsp3) is 0.300. The van der Waals surface area contributed by atoms with E-state index in [1.165, 1.54) is 24.5 Å². The van der Waals surface area contributed by atoms with Crippen molar-refractivity contribution in [3.8, 4) is 11.1 Å². The van der Waals surface area contributed by atoms with Crippen molar-refractivity contribution in [2.45, 2.75) is 25.1 Å². The maximum absolute atomic E-state index is 13.0. The molecule has 4 rings (SSSR count). The molecule has 10 heteroatoms. The lowest BCUT2D eigenvalue weighted by atomic mass is 9.98. The van der Waals surface area contributed by atoms with Crippen LogP contribution in [-0.4, -0.2) is 37.1 Å². The SMILES string of the molecule is Cn1cc(C(=O)N2CCC[C@H]2c2nc(N)ncc2-c2ccc(C(F)(F)F)cc2)cn1. The van der Waals surface area contributed by atoms with Gasteiger partial charge in [-0.3, -0.25) is 9.48 Å². The van der Waals surface area contributed by atoms with Gasteiger partial charge in [0.1, 0.15) is 0 Å². The van der Waals surface area contributed by atoms with E-state index >= 15 is 0 Å². The third-order valence-electron chi connectivity index (χ3n) is 5.14. The lowest BCUT2D eigenvalue weighted by Gasteiger charge is -2.25. The normalized spacial score (nSPS) is 16.8. The zero-order valence-corrected chi connectivity index (χ0v) is 16.1. The molecule has 0 bridgehead atoms. The van der Waals surface area contributed by atoms with Crippen LogP contribution in [0.15, 0.2) is 42.9 Å². The summed E-state index contributed by atoms with van der Waals surface area (Å²) >= 11 is 0. The molecule has 30 heavy (non-hydrogen) atoms. The van der Waals surface area contributed by atoms with Crippen LogP contribution in [0.3, 0.4) is 0 Å². The summed E-state index contributed by atoms with van der Waals surface area (Å²) in [6.07, 6.45) is 1.65. The van der Waals surface area contributed by atoms with Crippen molar-refractivity contribution in [3.63, 3.8) is 0 Å². The number of nitrogens with two attached hydrogens (primary N) is 1. The molecule has 3 heterocycles. The molecule has 0 spiro atoms. The highest BCUT2D eigenvalue weighted by Gasteiger charge is 2.34. The fourth-order valence-corrected chi connectivity index (χ4v) is 3.72. The van der Waals surface area contributed by atoms with E-state index in [0.717, 1.165) is 18.6 Å². The smallest absolute Gasteiger partial charge is 0.368 e. The summed E-state index contributed by atoms with van der Waals surface area (Å²) in [5, 5.41) is 4.05. The first-order chi connectivity index (χ1) is 14.2. The minimum Gasteiger partial charge on any atom is -0.368 e. The molecule has 0 unspecified atom stereocenters. The number of likely N-dealkylation sites (tertiary alicyclic amines) is 1. The molecule has 3 aromatic rings. The highest BCUT2D eigenvalue weighted by Crippen LogP contribution is 2.38. The molecule has 1 aliphatic rings. The van der Waals surface area contributed by atoms with Crippen LogP contribution < -0.4 is 5.73 Å². The second-order valence-corrected chi connectivity index (χ2v) is 7.16. The number of carbonyl (C=O) groups excluding carboxylic acids is 1. The Hall–Kier alpha value is -3.43. The van der Waals surface area contributed by atoms with Crippen LogP contribution in [0.5, 0.6) is 0 Å². The van der Waals surface area contributed by atoms with Crippen molar-refractivity contribution in [2.24, 2.45) is 7.05 Å². The van der Waals surface area contributed by atoms with E-state index in [1.807, 2.05) is 0 Å². The van der Waals surface area contributed by atoms with Gasteiger partial charge < -0.3 is 10.6 Å². The number of nitrogens with zero attached hydrogens (tertiary/aromatic N) is 5. The summed E-state index contributed by atoms with van der Waals surface area (Å²) in [5.74, 6) is -0.137. The summed E-state index contributed by atoms with van der Waals surface area (Å²) in [4.78, 5) is 23.1. The Kier molecular flexibility index (Phi) is 4.92. The van der Waals surface area contributed by atoms with Crippen LogP contribution in [0.4, 0.5) is 19.1 Å². The molecule has 2 N–H and O–H groups in total. The number of hydrogen-bond donors (Lipinski definition) is 1. The van der Waals surface area contributed by atoms with E-state index in [-0.39, 0.29) is 17.9 Å². The molecule has 0 aliphatic carbocycles. The lowest BCUT2D eigenvalue weighted by Crippen LogP contribution is -2.31. The van der Waals surface area contributed by atoms with Gasteiger partial charge in [0.25, 0.3) is 5.91 Å². The van der Waals surface area contributed by atoms with E-state index in [2.05, 4.69) is 15.1 Å². The molecule has 1 amide bonds. The van der Waals surface area contributed by atoms with Gasteiger partial charge in [-0.1, -0.05) is 12.1 Å². The molecule has 156 valence electrons. The number of aryl methyl sites for hydroxylation is 1. The number of amides is 1. The molecule has 2 aromatic heterocycles. The Balaban J connectivity index is 1.72. The number of alkyl halides is 3. The van der Waals surface area contributed by atoms with Crippen LogP contribution in [0, 0.1) is 0 Å². The number of carbonyl (C=O) groups is 1. The number of aromatic nitrogens is 4. The minimum atomic E-state index is -4.42. The third-order valence-corrected chi connectivity index (χ3v) is 5.14. The van der Waals surface area contributed by atoms with Gasteiger partial charge in [-0.25, -0.2) is 9.97 Å². The van der Waals surface area contributed by atoms with Gasteiger partial charge in [0, 0.05) is 31.5 Å². The first-order valence-corrected chi connectivity index (χ1v) is 9.33. The summed E-state index contributed by atoms with van der Waals surface area (Å²) < 4.78 is 40.3. The molecular formula is C20H19F3N6O. The maximum Gasteiger partial charge on any atom is 0.416 e. The van der Waals surface area contributed by atoms with Crippen LogP contribution in [0.2, 0.25) is 0 Å². The Morgan fingerprint density at radius 2 is 1.93 bits per heavy atom. The number of rotatable bonds is 3. The van der Waals surface area contributed by atoms with Crippen molar-refractivity contribution < 1.29 is 18.0 Å². The van der Waals surface area contributed by atoms with E-state index in [0.29, 0.717) is 35.3 Å². The number of anilines is 1. The van der Waals surface area contributed by atoms with Crippen LogP contribution in [0.25, 0.3) is 11.1 Å². The van der Waals surface area contributed by atoms with Crippen LogP contribution in [0.1, 0.15) is 40.5 Å². The highest BCUT2D eigenvalue weighted by molar-refractivity contribution is 5.94. The Morgan fingerprint density at radius 1 is 1.20 bits per heavy atom. The van der Waals surface area contributed by atoms with E-state index < -0.39 is 11.7 Å². The first-order valence-electron chi connectivity index (χ1n) is 9.33. The van der Waals surface area contributed by atoms with Crippen LogP contribution in [-0.2, 0) is 13.2 Å². The number of halogens is 3. The van der Waals surface area contributed by atoms with Crippen molar-refractivity contribution in [1.29, 1.82) is 0 Å². The second-order valence-electron chi connectivity index (χ2n) is 7.16. The Bertz CT molecular complexity index is 1080. The van der Waals surface area contributed by atoms with Gasteiger partial charge in [0.05, 0.1) is 29.1 Å². The van der Waals surface area contributed by atoms with Gasteiger partial charge >= 0.3 is 6.18 Å². The van der Waals surface area contributed by atoms with Crippen molar-refractivity contribution in [3.05, 3.63) is 59.7 Å². The molecule has 1 aliphatic heterocycles. The van der Waals surface area contributed by atoms with E-state index in [1.54, 1.807) is 22.8 Å². The molecule has 0 saturated carbocycles. The molecule has 7 nitrogen and oxygen atoms in total. The first kappa shape index (κ1) is 19.9. The predicted octanol–water partition coefficient (Wildman–Crippen LogP) is 3.46. The molecule has 0 radical (unpaired) electrons. The topological polar surface area (TPSA) is 89.9 Å². The Labute approximate surface area is 170 Å². The Morgan fingerprint density at radius 3 is 2.57 bits per heavy atom. The summed E-state index contributed by atoms with van der Waals surface area (Å²) in [5.41, 5.74) is 7.13. The third kappa shape index (κ3) is 3.72. The van der Waals surface area contributed by atoms with Gasteiger partial charge in [-0.2, -0.15) is 18.3 Å². The average molecular weight is 416 g/mol. The largest absolute Gasteiger partial charge is 0.416 e. The number of nitrogen functional groups attached to an aromatic ring is 1. The van der Waals surface area contributed by atoms with Gasteiger partial charge in [-0.05, 0) is 30.5 Å². The van der Waals surface area contributed by atoms with E-state index in [4.69, 9.17) is 5.73 Å². The number of hydrogen-bond acceptors (Lipinski definition) is 5. The average Bonchev–Trinajstić information content (AvgIpc) is 3.36. The van der Waals surface area contributed by atoms with Crippen molar-refractivity contribution >= 4 is 11.9 Å². The monoisotopic (exact) mass is 416 g/mol. The fourth-order valence-electron chi connectivity index (χ4n) is 3.72. The lowest BCUT2D eigenvalue weighted by molar-refractivity contribution is -0.137. The minimum absolute atomic E-state index is 0.0429. The zero-order valence-electron chi connectivity index (χ0n) is 16.1. The van der Waals surface area contributed by atoms with Gasteiger partial charge in [0.2, 0.25) is 5.95 Å². The molecule has 1 aromatic carbocycles. The van der Waals surface area contributed by atoms with Crippen molar-refractivity contribution in [2.75, 3.05) is 12.3 Å². The summed E-state index contributed by atoms with van der Waals surface area (Å²) in [6.45, 7) is 0.536. The van der Waals surface area contributed by atoms with E-state index in [9.17, 15) is 18.0 Å². The molecule has 1 fully saturated rings. The highest BCUT2D eigenvalue weighted by atomic mass is 19.4. The second kappa shape index (κ2) is 7.43. The molecular weight excluding hydrogens is 397 g/mol. The zero-order chi connectivity index (χ0) is 21.5. The number of benzene rings is 1. The van der Waals surface area contributed by atoms with Gasteiger partial charge in [-0.15, -0.1) is 0 Å². The summed E-state index contributed by atoms with van der Waals surface area (Å²) in [6, 6.07) is 4.43. The van der Waals surface area contributed by atoms with Crippen molar-refractivity contribution in [1.82, 2.24) is 24.6 Å². The summed E-state index contributed by atoms with van der Waals surface area (Å²) in [7, 11) is 1.73. The standard InChI is InChI=1S/C20H19F3N6O/c1-28-11-13(9-26-28)18(30)29-8-2-3-16(29)17-15(10-25-19(24)27-17)12-4-6-14(7-5-12)20(21,22)23/h4-7,9-11,16H,2-3,8H2,1H3,(H2,24,25,27)/t16-/m0/s1. The quantitative estimate of drug-likeness (QED) is 0.706. The maximum atomic E-state index is 13.0. The molecule has 1 saturated heterocycles. The van der Waals surface area contributed by atoms with Gasteiger partial charge in [0.15, 0.2) is 0 Å². The molecule has 1 atom stereocenters.